The molecule has 6 rings (SSSR count). The maximum absolute atomic E-state index is 14.4. The topological polar surface area (TPSA) is 124 Å². The predicted octanol–water partition coefficient (Wildman–Crippen LogP) is 5.03. The Kier molecular flexibility index (Phi) is 8.23. The van der Waals surface area contributed by atoms with Crippen LogP contribution in [0.25, 0.3) is 28.1 Å². The third-order valence-electron chi connectivity index (χ3n) is 7.64. The first-order valence-corrected chi connectivity index (χ1v) is 16.0. The molecule has 3 aromatic heterocycles. The van der Waals surface area contributed by atoms with Crippen molar-refractivity contribution in [1.82, 2.24) is 20.3 Å². The summed E-state index contributed by atoms with van der Waals surface area (Å²) in [4.78, 5) is 28.8. The first kappa shape index (κ1) is 30.5. The summed E-state index contributed by atoms with van der Waals surface area (Å²) in [6.07, 6.45) is 1.40. The molecule has 45 heavy (non-hydrogen) atoms. The number of nitrogens with one attached hydrogen (secondary N) is 1. The molecule has 4 aromatic rings. The van der Waals surface area contributed by atoms with Gasteiger partial charge in [0.1, 0.15) is 22.3 Å². The lowest BCUT2D eigenvalue weighted by molar-refractivity contribution is -0.00545. The first-order chi connectivity index (χ1) is 21.5. The molecule has 1 amide bonds. The van der Waals surface area contributed by atoms with Crippen LogP contribution in [0.1, 0.15) is 41.9 Å². The molecule has 0 unspecified atom stereocenters. The van der Waals surface area contributed by atoms with Gasteiger partial charge >= 0.3 is 0 Å². The van der Waals surface area contributed by atoms with Crippen LogP contribution in [-0.4, -0.2) is 66.7 Å². The molecule has 0 spiro atoms. The standard InChI is InChI=1S/C32H31F2N5O5S/c1-18-16-39(17-19(2)44-18)30-6-4-5-25(38-30)26-8-7-21-14-35-23(13-27(21)37-26)15-36-32(40)22-11-24(20(3)33)31-28(12-22)45(41,42)29(34)9-10-43-31/h4-8,11-14,18-19,29H,3,9-10,15-17H2,1-2H3,(H,36,40)/t18-,19+,29-/m1/s1. The zero-order valence-corrected chi connectivity index (χ0v) is 25.5. The minimum atomic E-state index is -4.52. The van der Waals surface area contributed by atoms with Crippen LogP contribution in [0.2, 0.25) is 0 Å². The summed E-state index contributed by atoms with van der Waals surface area (Å²) in [5.41, 5.74) is -0.295. The summed E-state index contributed by atoms with van der Waals surface area (Å²) >= 11 is 0. The summed E-state index contributed by atoms with van der Waals surface area (Å²) in [5, 5.41) is 3.45. The number of fused-ring (bicyclic) bond motifs is 2. The lowest BCUT2D eigenvalue weighted by Gasteiger charge is -2.36. The van der Waals surface area contributed by atoms with E-state index in [0.717, 1.165) is 36.4 Å². The third kappa shape index (κ3) is 6.22. The van der Waals surface area contributed by atoms with Crippen LogP contribution < -0.4 is 15.0 Å². The number of carbonyl (C=O) groups excluding carboxylic acids is 1. The summed E-state index contributed by atoms with van der Waals surface area (Å²) in [6.45, 7) is 8.47. The molecule has 0 bridgehead atoms. The Morgan fingerprint density at radius 3 is 2.60 bits per heavy atom. The van der Waals surface area contributed by atoms with Crippen LogP contribution in [0, 0.1) is 0 Å². The fourth-order valence-corrected chi connectivity index (χ4v) is 6.92. The van der Waals surface area contributed by atoms with Gasteiger partial charge in [-0.3, -0.25) is 9.78 Å². The van der Waals surface area contributed by atoms with Crippen LogP contribution in [0.3, 0.4) is 0 Å². The Hall–Kier alpha value is -4.49. The molecule has 234 valence electrons. The molecular weight excluding hydrogens is 604 g/mol. The highest BCUT2D eigenvalue weighted by Crippen LogP contribution is 2.39. The average Bonchev–Trinajstić information content (AvgIpc) is 3.13. The lowest BCUT2D eigenvalue weighted by Crippen LogP contribution is -2.45. The maximum atomic E-state index is 14.4. The number of alkyl halides is 1. The predicted molar refractivity (Wildman–Crippen MR) is 165 cm³/mol. The van der Waals surface area contributed by atoms with Crippen LogP contribution in [0.5, 0.6) is 5.75 Å². The Labute approximate surface area is 259 Å². The second kappa shape index (κ2) is 12.1. The number of nitrogens with zero attached hydrogens (tertiary/aromatic N) is 4. The van der Waals surface area contributed by atoms with Crippen molar-refractivity contribution in [2.24, 2.45) is 0 Å². The van der Waals surface area contributed by atoms with Crippen molar-refractivity contribution in [1.29, 1.82) is 0 Å². The fraction of sp³-hybridized carbons (Fsp3) is 0.312. The molecule has 3 atom stereocenters. The largest absolute Gasteiger partial charge is 0.491 e. The molecule has 13 heteroatoms. The highest BCUT2D eigenvalue weighted by Gasteiger charge is 2.36. The second-order valence-electron chi connectivity index (χ2n) is 11.1. The Morgan fingerprint density at radius 1 is 1.09 bits per heavy atom. The molecule has 1 N–H and O–H groups in total. The number of hydrogen-bond donors (Lipinski definition) is 1. The van der Waals surface area contributed by atoms with Gasteiger partial charge in [0.2, 0.25) is 15.3 Å². The fourth-order valence-electron chi connectivity index (χ4n) is 5.52. The van der Waals surface area contributed by atoms with Gasteiger partial charge in [0.05, 0.1) is 53.5 Å². The molecule has 1 aromatic carbocycles. The number of benzene rings is 1. The second-order valence-corrected chi connectivity index (χ2v) is 13.2. The van der Waals surface area contributed by atoms with Crippen molar-refractivity contribution >= 4 is 38.3 Å². The Balaban J connectivity index is 1.23. The molecule has 10 nitrogen and oxygen atoms in total. The number of amides is 1. The maximum Gasteiger partial charge on any atom is 0.251 e. The average molecular weight is 636 g/mol. The first-order valence-electron chi connectivity index (χ1n) is 14.4. The van der Waals surface area contributed by atoms with E-state index in [1.165, 1.54) is 0 Å². The van der Waals surface area contributed by atoms with Crippen molar-refractivity contribution in [3.63, 3.8) is 0 Å². The highest BCUT2D eigenvalue weighted by molar-refractivity contribution is 7.92. The molecular formula is C32H31F2N5O5S. The number of ether oxygens (including phenoxy) is 2. The number of rotatable bonds is 6. The van der Waals surface area contributed by atoms with Crippen molar-refractivity contribution in [3.8, 4) is 17.1 Å². The summed E-state index contributed by atoms with van der Waals surface area (Å²) < 4.78 is 65.5. The Bertz CT molecular complexity index is 1910. The van der Waals surface area contributed by atoms with Gasteiger partial charge in [-0.15, -0.1) is 0 Å². The smallest absolute Gasteiger partial charge is 0.251 e. The Morgan fingerprint density at radius 2 is 1.84 bits per heavy atom. The highest BCUT2D eigenvalue weighted by atomic mass is 32.2. The number of morpholine rings is 1. The van der Waals surface area contributed by atoms with Crippen molar-refractivity contribution < 1.29 is 31.5 Å². The third-order valence-corrected chi connectivity index (χ3v) is 9.47. The van der Waals surface area contributed by atoms with E-state index in [4.69, 9.17) is 19.4 Å². The van der Waals surface area contributed by atoms with Gasteiger partial charge in [0.25, 0.3) is 5.91 Å². The number of anilines is 1. The van der Waals surface area contributed by atoms with Gasteiger partial charge in [0, 0.05) is 36.7 Å². The minimum absolute atomic E-state index is 0.0419. The van der Waals surface area contributed by atoms with E-state index in [1.54, 1.807) is 12.3 Å². The quantitative estimate of drug-likeness (QED) is 0.311. The van der Waals surface area contributed by atoms with Gasteiger partial charge in [-0.25, -0.2) is 27.2 Å². The van der Waals surface area contributed by atoms with Crippen LogP contribution >= 0.6 is 0 Å². The summed E-state index contributed by atoms with van der Waals surface area (Å²) in [6, 6.07) is 13.4. The zero-order valence-electron chi connectivity index (χ0n) is 24.7. The van der Waals surface area contributed by atoms with Crippen LogP contribution in [0.15, 0.2) is 66.2 Å². The molecule has 0 radical (unpaired) electrons. The molecule has 1 fully saturated rings. The number of carbonyl (C=O) groups is 1. The number of halogens is 2. The zero-order chi connectivity index (χ0) is 31.9. The van der Waals surface area contributed by atoms with Gasteiger partial charge in [-0.1, -0.05) is 12.6 Å². The SMILES string of the molecule is C=C(F)c1cc(C(=O)NCc2cc3nc(-c4cccc(N5C[C@@H](C)O[C@@H](C)C5)n4)ccc3cn2)cc2c1OCC[C@H](F)S2(=O)=O. The van der Waals surface area contributed by atoms with E-state index in [-0.39, 0.29) is 42.2 Å². The summed E-state index contributed by atoms with van der Waals surface area (Å²) in [5.74, 6) is -1.24. The summed E-state index contributed by atoms with van der Waals surface area (Å²) in [7, 11) is -4.52. The van der Waals surface area contributed by atoms with E-state index in [1.807, 2.05) is 44.2 Å². The molecule has 0 saturated carbocycles. The number of aromatic nitrogens is 3. The van der Waals surface area contributed by atoms with Crippen LogP contribution in [0.4, 0.5) is 14.6 Å². The molecule has 1 saturated heterocycles. The van der Waals surface area contributed by atoms with Gasteiger partial charge in [0.15, 0.2) is 0 Å². The monoisotopic (exact) mass is 635 g/mol. The van der Waals surface area contributed by atoms with Crippen molar-refractivity contribution in [2.45, 2.75) is 49.4 Å². The van der Waals surface area contributed by atoms with E-state index in [0.29, 0.717) is 22.6 Å². The molecule has 2 aliphatic heterocycles. The van der Waals surface area contributed by atoms with Gasteiger partial charge < -0.3 is 19.7 Å². The van der Waals surface area contributed by atoms with Crippen molar-refractivity contribution in [3.05, 3.63) is 78.1 Å². The van der Waals surface area contributed by atoms with E-state index in [9.17, 15) is 22.0 Å². The van der Waals surface area contributed by atoms with Crippen molar-refractivity contribution in [2.75, 3.05) is 24.6 Å². The minimum Gasteiger partial charge on any atom is -0.491 e. The van der Waals surface area contributed by atoms with Gasteiger partial charge in [-0.05, 0) is 56.3 Å². The van der Waals surface area contributed by atoms with Gasteiger partial charge in [-0.2, -0.15) is 0 Å². The number of sulfone groups is 1. The molecule has 0 aliphatic carbocycles. The number of hydrogen-bond acceptors (Lipinski definition) is 9. The van der Waals surface area contributed by atoms with Crippen LogP contribution in [-0.2, 0) is 21.1 Å². The van der Waals surface area contributed by atoms with E-state index < -0.39 is 38.4 Å². The number of pyridine rings is 3. The normalized spacial score (nSPS) is 21.0. The lowest BCUT2D eigenvalue weighted by atomic mass is 10.1. The molecule has 2 aliphatic rings. The van der Waals surface area contributed by atoms with E-state index in [2.05, 4.69) is 21.8 Å². The molecule has 5 heterocycles. The van der Waals surface area contributed by atoms with E-state index >= 15 is 0 Å².